The van der Waals surface area contributed by atoms with E-state index in [2.05, 4.69) is 21.2 Å². The highest BCUT2D eigenvalue weighted by Crippen LogP contribution is 2.31. The number of carboxylic acids is 1. The Kier molecular flexibility index (Phi) is 9.42. The van der Waals surface area contributed by atoms with Crippen LogP contribution >= 0.6 is 15.9 Å². The van der Waals surface area contributed by atoms with Crippen LogP contribution in [0.25, 0.3) is 0 Å². The number of nitrogens with one attached hydrogen (secondary N) is 1. The van der Waals surface area contributed by atoms with Gasteiger partial charge in [0.1, 0.15) is 0 Å². The van der Waals surface area contributed by atoms with Crippen molar-refractivity contribution in [3.8, 4) is 0 Å². The van der Waals surface area contributed by atoms with Crippen molar-refractivity contribution in [1.29, 1.82) is 0 Å². The van der Waals surface area contributed by atoms with E-state index in [-0.39, 0.29) is 10.2 Å². The van der Waals surface area contributed by atoms with Crippen molar-refractivity contribution in [3.63, 3.8) is 0 Å². The molecule has 0 bridgehead atoms. The fraction of sp³-hybridized carbons (Fsp3) is 0.154. The van der Waals surface area contributed by atoms with E-state index in [1.54, 1.807) is 6.07 Å². The van der Waals surface area contributed by atoms with Gasteiger partial charge in [0.2, 0.25) is 12.2 Å². The van der Waals surface area contributed by atoms with Gasteiger partial charge in [0.15, 0.2) is 0 Å². The zero-order valence-electron chi connectivity index (χ0n) is 20.1. The number of para-hydroxylation sites is 1. The molecule has 0 heterocycles. The standard InChI is InChI=1S/C26H16BrF6NO7/c27-17-9-1-2-10-18(17)34-21(35)19(40-23(38)13-5-3-7-15(11-13)25(28,29)30)20(22(36)37)41-24(39)14-6-4-8-16(12-14)26(31,32)33/h1-12,19-20H,(H,34,35)(H,36,37)/t19-,20-/m1/s1. The molecule has 3 aromatic rings. The molecule has 216 valence electrons. The van der Waals surface area contributed by atoms with Crippen molar-refractivity contribution in [3.05, 3.63) is 99.5 Å². The molecule has 3 aromatic carbocycles. The number of carbonyl (C=O) groups excluding carboxylic acids is 3. The van der Waals surface area contributed by atoms with Crippen LogP contribution in [0.4, 0.5) is 32.0 Å². The van der Waals surface area contributed by atoms with Crippen LogP contribution in [0.2, 0.25) is 0 Å². The second kappa shape index (κ2) is 12.4. The number of ether oxygens (including phenoxy) is 2. The van der Waals surface area contributed by atoms with Gasteiger partial charge in [-0.25, -0.2) is 14.4 Å². The van der Waals surface area contributed by atoms with Crippen LogP contribution in [0.1, 0.15) is 31.8 Å². The van der Waals surface area contributed by atoms with Crippen molar-refractivity contribution in [2.75, 3.05) is 5.32 Å². The van der Waals surface area contributed by atoms with E-state index in [0.717, 1.165) is 24.3 Å². The quantitative estimate of drug-likeness (QED) is 0.229. The molecule has 2 atom stereocenters. The van der Waals surface area contributed by atoms with E-state index in [4.69, 9.17) is 9.47 Å². The lowest BCUT2D eigenvalue weighted by atomic mass is 10.1. The molecule has 15 heteroatoms. The Bertz CT molecular complexity index is 1470. The van der Waals surface area contributed by atoms with E-state index in [9.17, 15) is 50.6 Å². The van der Waals surface area contributed by atoms with E-state index in [1.807, 2.05) is 0 Å². The van der Waals surface area contributed by atoms with Gasteiger partial charge in [0.25, 0.3) is 5.91 Å². The minimum Gasteiger partial charge on any atom is -0.478 e. The van der Waals surface area contributed by atoms with E-state index in [1.165, 1.54) is 18.2 Å². The smallest absolute Gasteiger partial charge is 0.416 e. The normalized spacial score (nSPS) is 13.0. The fourth-order valence-corrected chi connectivity index (χ4v) is 3.66. The molecule has 0 radical (unpaired) electrons. The van der Waals surface area contributed by atoms with Crippen molar-refractivity contribution < 1.29 is 60.1 Å². The number of carboxylic acid groups (broad SMARTS) is 1. The predicted octanol–water partition coefficient (Wildman–Crippen LogP) is 5.96. The van der Waals surface area contributed by atoms with Gasteiger partial charge in [0.05, 0.1) is 27.9 Å². The van der Waals surface area contributed by atoms with Crippen molar-refractivity contribution in [2.24, 2.45) is 0 Å². The third-order valence-corrected chi connectivity index (χ3v) is 5.92. The van der Waals surface area contributed by atoms with E-state index >= 15 is 0 Å². The first-order valence-corrected chi connectivity index (χ1v) is 11.9. The molecule has 0 saturated heterocycles. The largest absolute Gasteiger partial charge is 0.478 e. The summed E-state index contributed by atoms with van der Waals surface area (Å²) in [6.07, 6.45) is -14.9. The summed E-state index contributed by atoms with van der Waals surface area (Å²) in [5.41, 5.74) is -3.97. The molecule has 2 N–H and O–H groups in total. The number of benzene rings is 3. The first-order valence-electron chi connectivity index (χ1n) is 11.1. The molecule has 0 unspecified atom stereocenters. The Balaban J connectivity index is 1.98. The number of hydrogen-bond donors (Lipinski definition) is 2. The molecule has 3 rings (SSSR count). The summed E-state index contributed by atoms with van der Waals surface area (Å²) in [6, 6.07) is 11.3. The number of anilines is 1. The minimum atomic E-state index is -4.87. The Morgan fingerprint density at radius 1 is 0.707 bits per heavy atom. The summed E-state index contributed by atoms with van der Waals surface area (Å²) in [7, 11) is 0. The van der Waals surface area contributed by atoms with Gasteiger partial charge in [0, 0.05) is 4.47 Å². The maximum absolute atomic E-state index is 13.1. The lowest BCUT2D eigenvalue weighted by Gasteiger charge is -2.24. The summed E-state index contributed by atoms with van der Waals surface area (Å²) < 4.78 is 88.6. The lowest BCUT2D eigenvalue weighted by Crippen LogP contribution is -2.48. The molecule has 41 heavy (non-hydrogen) atoms. The first-order chi connectivity index (χ1) is 19.1. The maximum Gasteiger partial charge on any atom is 0.416 e. The highest BCUT2D eigenvalue weighted by atomic mass is 79.9. The third kappa shape index (κ3) is 8.06. The zero-order valence-corrected chi connectivity index (χ0v) is 21.7. The van der Waals surface area contributed by atoms with Crippen molar-refractivity contribution in [2.45, 2.75) is 24.6 Å². The van der Waals surface area contributed by atoms with Gasteiger partial charge >= 0.3 is 30.3 Å². The maximum atomic E-state index is 13.1. The summed E-state index contributed by atoms with van der Waals surface area (Å²) in [5, 5.41) is 12.0. The number of carbonyl (C=O) groups is 4. The summed E-state index contributed by atoms with van der Waals surface area (Å²) >= 11 is 3.12. The van der Waals surface area contributed by atoms with Crippen LogP contribution < -0.4 is 5.32 Å². The van der Waals surface area contributed by atoms with Crippen LogP contribution in [-0.2, 0) is 31.4 Å². The lowest BCUT2D eigenvalue weighted by molar-refractivity contribution is -0.157. The number of alkyl halides is 6. The second-order valence-electron chi connectivity index (χ2n) is 8.12. The van der Waals surface area contributed by atoms with Crippen molar-refractivity contribution >= 4 is 45.4 Å². The molecule has 1 amide bonds. The zero-order chi connectivity index (χ0) is 30.5. The van der Waals surface area contributed by atoms with E-state index < -0.39 is 70.6 Å². The van der Waals surface area contributed by atoms with Crippen molar-refractivity contribution in [1.82, 2.24) is 0 Å². The number of aliphatic carboxylic acids is 1. The van der Waals surface area contributed by atoms with Gasteiger partial charge < -0.3 is 19.9 Å². The van der Waals surface area contributed by atoms with Gasteiger partial charge in [-0.1, -0.05) is 24.3 Å². The molecule has 0 saturated carbocycles. The summed E-state index contributed by atoms with van der Waals surface area (Å²) in [5.74, 6) is -6.67. The monoisotopic (exact) mass is 647 g/mol. The molecule has 0 aliphatic heterocycles. The number of halogens is 7. The van der Waals surface area contributed by atoms with Crippen LogP contribution in [-0.4, -0.2) is 41.1 Å². The Morgan fingerprint density at radius 2 is 1.17 bits per heavy atom. The highest BCUT2D eigenvalue weighted by Gasteiger charge is 2.42. The topological polar surface area (TPSA) is 119 Å². The Labute approximate surface area is 235 Å². The number of esters is 2. The van der Waals surface area contributed by atoms with Gasteiger partial charge in [-0.15, -0.1) is 0 Å². The molecule has 0 spiro atoms. The highest BCUT2D eigenvalue weighted by molar-refractivity contribution is 9.10. The summed E-state index contributed by atoms with van der Waals surface area (Å²) in [6.45, 7) is 0. The fourth-order valence-electron chi connectivity index (χ4n) is 3.27. The molecular formula is C26H16BrF6NO7. The SMILES string of the molecule is O=C(O[C@@H](C(=O)O)[C@@H](OC(=O)c1cccc(C(F)(F)F)c1)C(=O)Nc1ccccc1Br)c1cccc(C(F)(F)F)c1. The molecule has 0 aliphatic carbocycles. The first kappa shape index (κ1) is 31.1. The Hall–Kier alpha value is -4.40. The molecular weight excluding hydrogens is 632 g/mol. The summed E-state index contributed by atoms with van der Waals surface area (Å²) in [4.78, 5) is 50.6. The van der Waals surface area contributed by atoms with Gasteiger partial charge in [-0.2, -0.15) is 26.3 Å². The average molecular weight is 648 g/mol. The van der Waals surface area contributed by atoms with Gasteiger partial charge in [-0.3, -0.25) is 4.79 Å². The number of hydrogen-bond acceptors (Lipinski definition) is 6. The minimum absolute atomic E-state index is 0.0333. The second-order valence-corrected chi connectivity index (χ2v) is 8.97. The van der Waals surface area contributed by atoms with Gasteiger partial charge in [-0.05, 0) is 64.5 Å². The number of rotatable bonds is 8. The van der Waals surface area contributed by atoms with Crippen LogP contribution in [0, 0.1) is 0 Å². The van der Waals surface area contributed by atoms with Crippen LogP contribution in [0.5, 0.6) is 0 Å². The number of amides is 1. The Morgan fingerprint density at radius 3 is 1.61 bits per heavy atom. The average Bonchev–Trinajstić information content (AvgIpc) is 2.90. The molecule has 0 aromatic heterocycles. The molecule has 8 nitrogen and oxygen atoms in total. The van der Waals surface area contributed by atoms with Crippen LogP contribution in [0.3, 0.4) is 0 Å². The van der Waals surface area contributed by atoms with Crippen LogP contribution in [0.15, 0.2) is 77.3 Å². The molecule has 0 fully saturated rings. The molecule has 0 aliphatic rings. The third-order valence-electron chi connectivity index (χ3n) is 5.23. The predicted molar refractivity (Wildman–Crippen MR) is 132 cm³/mol. The van der Waals surface area contributed by atoms with E-state index in [0.29, 0.717) is 24.3 Å².